The van der Waals surface area contributed by atoms with Gasteiger partial charge in [0.1, 0.15) is 5.52 Å². The Labute approximate surface area is 125 Å². The Morgan fingerprint density at radius 2 is 2.10 bits per heavy atom. The summed E-state index contributed by atoms with van der Waals surface area (Å²) in [4.78, 5) is 18.5. The van der Waals surface area contributed by atoms with Gasteiger partial charge >= 0.3 is 0 Å². The van der Waals surface area contributed by atoms with Crippen LogP contribution in [0.25, 0.3) is 11.2 Å². The first kappa shape index (κ1) is 15.5. The van der Waals surface area contributed by atoms with Crippen LogP contribution in [0, 0.1) is 0 Å². The molecule has 0 radical (unpaired) electrons. The molecule has 1 atom stereocenters. The van der Waals surface area contributed by atoms with Crippen molar-refractivity contribution in [1.82, 2.24) is 24.8 Å². The predicted octanol–water partition coefficient (Wildman–Crippen LogP) is 1.93. The van der Waals surface area contributed by atoms with Gasteiger partial charge in [0.25, 0.3) is 0 Å². The van der Waals surface area contributed by atoms with Crippen LogP contribution in [-0.2, 0) is 0 Å². The SMILES string of the molecule is CCNc1nc(NCCN(C)C(C)CC)c2[nH]cnc2n1. The Hall–Kier alpha value is -1.89. The molecule has 0 saturated carbocycles. The van der Waals surface area contributed by atoms with Crippen LogP contribution >= 0.6 is 0 Å². The highest BCUT2D eigenvalue weighted by Crippen LogP contribution is 2.18. The van der Waals surface area contributed by atoms with E-state index in [1.54, 1.807) is 6.33 Å². The summed E-state index contributed by atoms with van der Waals surface area (Å²) in [5.41, 5.74) is 1.53. The van der Waals surface area contributed by atoms with Crippen LogP contribution in [0.2, 0.25) is 0 Å². The molecule has 1 unspecified atom stereocenters. The third-order valence-corrected chi connectivity index (χ3v) is 3.72. The quantitative estimate of drug-likeness (QED) is 0.689. The Bertz CT molecular complexity index is 565. The number of fused-ring (bicyclic) bond motifs is 1. The van der Waals surface area contributed by atoms with Gasteiger partial charge in [-0.2, -0.15) is 9.97 Å². The number of imidazole rings is 1. The largest absolute Gasteiger partial charge is 0.367 e. The number of hydrogen-bond donors (Lipinski definition) is 3. The third-order valence-electron chi connectivity index (χ3n) is 3.72. The first-order chi connectivity index (χ1) is 10.2. The average molecular weight is 291 g/mol. The molecule has 2 rings (SSSR count). The summed E-state index contributed by atoms with van der Waals surface area (Å²) in [7, 11) is 2.14. The van der Waals surface area contributed by atoms with Crippen LogP contribution in [0.4, 0.5) is 11.8 Å². The number of nitrogens with zero attached hydrogens (tertiary/aromatic N) is 4. The molecule has 0 aliphatic rings. The van der Waals surface area contributed by atoms with Gasteiger partial charge in [-0.05, 0) is 27.3 Å². The van der Waals surface area contributed by atoms with E-state index in [9.17, 15) is 0 Å². The van der Waals surface area contributed by atoms with E-state index in [1.165, 1.54) is 0 Å². The zero-order valence-electron chi connectivity index (χ0n) is 13.3. The minimum atomic E-state index is 0.585. The monoisotopic (exact) mass is 291 g/mol. The maximum atomic E-state index is 4.50. The standard InChI is InChI=1S/C14H25N7/c1-5-10(3)21(4)8-7-16-12-11-13(18-9-17-11)20-14(19-12)15-6-2/h9-10H,5-8H2,1-4H3,(H3,15,16,17,18,19,20). The van der Waals surface area contributed by atoms with Gasteiger partial charge in [-0.3, -0.25) is 0 Å². The normalized spacial score (nSPS) is 12.8. The first-order valence-corrected chi connectivity index (χ1v) is 7.54. The molecule has 0 bridgehead atoms. The summed E-state index contributed by atoms with van der Waals surface area (Å²) >= 11 is 0. The van der Waals surface area contributed by atoms with E-state index in [0.29, 0.717) is 17.6 Å². The van der Waals surface area contributed by atoms with Gasteiger partial charge < -0.3 is 20.5 Å². The van der Waals surface area contributed by atoms with E-state index in [4.69, 9.17) is 0 Å². The van der Waals surface area contributed by atoms with Crippen molar-refractivity contribution in [3.8, 4) is 0 Å². The average Bonchev–Trinajstić information content (AvgIpc) is 2.95. The number of rotatable bonds is 8. The van der Waals surface area contributed by atoms with E-state index < -0.39 is 0 Å². The number of nitrogens with one attached hydrogen (secondary N) is 3. The van der Waals surface area contributed by atoms with Gasteiger partial charge in [-0.25, -0.2) is 4.98 Å². The molecule has 0 aliphatic heterocycles. The summed E-state index contributed by atoms with van der Waals surface area (Å²) in [6.45, 7) is 9.04. The minimum Gasteiger partial charge on any atom is -0.367 e. The van der Waals surface area contributed by atoms with Crippen LogP contribution in [0.15, 0.2) is 6.33 Å². The van der Waals surface area contributed by atoms with Crippen molar-refractivity contribution in [3.05, 3.63) is 6.33 Å². The van der Waals surface area contributed by atoms with Crippen molar-refractivity contribution in [2.24, 2.45) is 0 Å². The number of anilines is 2. The lowest BCUT2D eigenvalue weighted by atomic mass is 10.2. The summed E-state index contributed by atoms with van der Waals surface area (Å²) < 4.78 is 0. The van der Waals surface area contributed by atoms with Crippen LogP contribution in [0.3, 0.4) is 0 Å². The second kappa shape index (κ2) is 7.21. The fraction of sp³-hybridized carbons (Fsp3) is 0.643. The number of aromatic amines is 1. The lowest BCUT2D eigenvalue weighted by Gasteiger charge is -2.23. The van der Waals surface area contributed by atoms with Gasteiger partial charge in [0.2, 0.25) is 5.95 Å². The van der Waals surface area contributed by atoms with Crippen molar-refractivity contribution in [2.45, 2.75) is 33.2 Å². The van der Waals surface area contributed by atoms with Crippen LogP contribution in [0.1, 0.15) is 27.2 Å². The summed E-state index contributed by atoms with van der Waals surface area (Å²) in [6, 6.07) is 0.585. The molecule has 0 saturated heterocycles. The minimum absolute atomic E-state index is 0.585. The molecule has 0 spiro atoms. The summed E-state index contributed by atoms with van der Waals surface area (Å²) in [5.74, 6) is 1.40. The molecule has 116 valence electrons. The molecular weight excluding hydrogens is 266 g/mol. The number of likely N-dealkylation sites (N-methyl/N-ethyl adjacent to an activating group) is 1. The number of H-pyrrole nitrogens is 1. The van der Waals surface area contributed by atoms with Crippen molar-refractivity contribution in [2.75, 3.05) is 37.3 Å². The molecule has 7 nitrogen and oxygen atoms in total. The number of aromatic nitrogens is 4. The topological polar surface area (TPSA) is 81.8 Å². The highest BCUT2D eigenvalue weighted by atomic mass is 15.2. The Balaban J connectivity index is 2.05. The van der Waals surface area contributed by atoms with Gasteiger partial charge in [0.15, 0.2) is 11.5 Å². The summed E-state index contributed by atoms with van der Waals surface area (Å²) in [5, 5.41) is 6.51. The lowest BCUT2D eigenvalue weighted by Crippen LogP contribution is -2.32. The lowest BCUT2D eigenvalue weighted by molar-refractivity contribution is 0.261. The molecule has 0 fully saturated rings. The fourth-order valence-corrected chi connectivity index (χ4v) is 2.08. The fourth-order valence-electron chi connectivity index (χ4n) is 2.08. The van der Waals surface area contributed by atoms with E-state index >= 15 is 0 Å². The van der Waals surface area contributed by atoms with Crippen molar-refractivity contribution < 1.29 is 0 Å². The van der Waals surface area contributed by atoms with Crippen molar-refractivity contribution in [1.29, 1.82) is 0 Å². The maximum Gasteiger partial charge on any atom is 0.226 e. The van der Waals surface area contributed by atoms with Gasteiger partial charge in [0.05, 0.1) is 6.33 Å². The first-order valence-electron chi connectivity index (χ1n) is 7.54. The Morgan fingerprint density at radius 3 is 2.81 bits per heavy atom. The van der Waals surface area contributed by atoms with Crippen LogP contribution < -0.4 is 10.6 Å². The molecule has 3 N–H and O–H groups in total. The molecule has 2 aromatic heterocycles. The predicted molar refractivity (Wildman–Crippen MR) is 86.7 cm³/mol. The molecule has 21 heavy (non-hydrogen) atoms. The molecule has 2 heterocycles. The molecule has 0 aliphatic carbocycles. The highest BCUT2D eigenvalue weighted by Gasteiger charge is 2.10. The molecule has 2 aromatic rings. The van der Waals surface area contributed by atoms with Crippen LogP contribution in [0.5, 0.6) is 0 Å². The van der Waals surface area contributed by atoms with Crippen molar-refractivity contribution in [3.63, 3.8) is 0 Å². The molecular formula is C14H25N7. The maximum absolute atomic E-state index is 4.50. The second-order valence-electron chi connectivity index (χ2n) is 5.19. The third kappa shape index (κ3) is 3.81. The Kier molecular flexibility index (Phi) is 5.32. The van der Waals surface area contributed by atoms with Gasteiger partial charge in [-0.15, -0.1) is 0 Å². The Morgan fingerprint density at radius 1 is 1.29 bits per heavy atom. The molecule has 0 amide bonds. The van der Waals surface area contributed by atoms with Crippen LogP contribution in [-0.4, -0.2) is 57.6 Å². The van der Waals surface area contributed by atoms with Crippen molar-refractivity contribution >= 4 is 22.9 Å². The molecule has 0 aromatic carbocycles. The zero-order valence-corrected chi connectivity index (χ0v) is 13.3. The van der Waals surface area contributed by atoms with E-state index in [-0.39, 0.29) is 0 Å². The van der Waals surface area contributed by atoms with Gasteiger partial charge in [0, 0.05) is 25.7 Å². The second-order valence-corrected chi connectivity index (χ2v) is 5.19. The zero-order chi connectivity index (χ0) is 15.2. The van der Waals surface area contributed by atoms with Gasteiger partial charge in [-0.1, -0.05) is 6.92 Å². The number of hydrogen-bond acceptors (Lipinski definition) is 6. The van der Waals surface area contributed by atoms with E-state index in [2.05, 4.69) is 56.4 Å². The van der Waals surface area contributed by atoms with E-state index in [1.807, 2.05) is 6.92 Å². The molecule has 7 heteroatoms. The van der Waals surface area contributed by atoms with E-state index in [0.717, 1.165) is 37.4 Å². The summed E-state index contributed by atoms with van der Waals surface area (Å²) in [6.07, 6.45) is 2.80. The highest BCUT2D eigenvalue weighted by molar-refractivity contribution is 5.83. The smallest absolute Gasteiger partial charge is 0.226 e.